The molecule has 0 aliphatic carbocycles. The van der Waals surface area contributed by atoms with Crippen LogP contribution in [0.4, 0.5) is 0 Å². The van der Waals surface area contributed by atoms with Gasteiger partial charge in [0.2, 0.25) is 20.0 Å². The Morgan fingerprint density at radius 2 is 1.76 bits per heavy atom. The minimum absolute atomic E-state index is 0.00116. The number of carboxylic acid groups (broad SMARTS) is 1. The number of hydrogen-bond donors (Lipinski definition) is 3. The number of carbonyl (C=O) groups excluding carboxylic acids is 1. The number of carboxylic acids is 1. The maximum absolute atomic E-state index is 11.9. The van der Waals surface area contributed by atoms with Gasteiger partial charge in [-0.25, -0.2) is 31.6 Å². The molecule has 0 aromatic rings. The van der Waals surface area contributed by atoms with Gasteiger partial charge in [-0.3, -0.25) is 0 Å². The number of sulfonamides is 2. The van der Waals surface area contributed by atoms with Gasteiger partial charge in [-0.15, -0.1) is 0 Å². The van der Waals surface area contributed by atoms with Crippen LogP contribution in [0.2, 0.25) is 0 Å². The number of rotatable bonds is 8. The first-order valence-electron chi connectivity index (χ1n) is 5.57. The van der Waals surface area contributed by atoms with Gasteiger partial charge < -0.3 is 15.7 Å². The minimum atomic E-state index is -4.24. The SMILES string of the molecule is CC(N)CCS(=O)(=O)N(CCS(N)(=O)=O)OC(=O)C(=O)O. The fourth-order valence-electron chi connectivity index (χ4n) is 1.01. The van der Waals surface area contributed by atoms with E-state index in [1.165, 1.54) is 6.92 Å². The van der Waals surface area contributed by atoms with Crippen molar-refractivity contribution in [3.8, 4) is 0 Å². The summed E-state index contributed by atoms with van der Waals surface area (Å²) in [6.07, 6.45) is -0.00116. The highest BCUT2D eigenvalue weighted by Crippen LogP contribution is 2.07. The molecule has 5 N–H and O–H groups in total. The third-order valence-corrected chi connectivity index (χ3v) is 4.44. The molecule has 0 aliphatic rings. The predicted octanol–water partition coefficient (Wildman–Crippen LogP) is -2.81. The average molecular weight is 347 g/mol. The molecule has 0 aliphatic heterocycles. The first-order chi connectivity index (χ1) is 9.35. The van der Waals surface area contributed by atoms with E-state index in [1.807, 2.05) is 0 Å². The van der Waals surface area contributed by atoms with Crippen molar-refractivity contribution >= 4 is 32.0 Å². The summed E-state index contributed by atoms with van der Waals surface area (Å²) in [6.45, 7) is 0.715. The summed E-state index contributed by atoms with van der Waals surface area (Å²) in [5, 5.41) is 13.1. The van der Waals surface area contributed by atoms with Crippen LogP contribution < -0.4 is 10.9 Å². The van der Waals surface area contributed by atoms with Crippen molar-refractivity contribution in [2.45, 2.75) is 19.4 Å². The number of primary sulfonamides is 1. The van der Waals surface area contributed by atoms with Crippen LogP contribution >= 0.6 is 0 Å². The van der Waals surface area contributed by atoms with Gasteiger partial charge in [0.15, 0.2) is 0 Å². The summed E-state index contributed by atoms with van der Waals surface area (Å²) in [4.78, 5) is 25.4. The summed E-state index contributed by atoms with van der Waals surface area (Å²) in [7, 11) is -8.28. The van der Waals surface area contributed by atoms with Crippen molar-refractivity contribution < 1.29 is 36.4 Å². The molecule has 0 fully saturated rings. The summed E-state index contributed by atoms with van der Waals surface area (Å²) in [5.74, 6) is -5.30. The topological polar surface area (TPSA) is 187 Å². The fourth-order valence-corrected chi connectivity index (χ4v) is 2.97. The largest absolute Gasteiger partial charge is 0.473 e. The van der Waals surface area contributed by atoms with Gasteiger partial charge in [0.05, 0.1) is 18.1 Å². The Morgan fingerprint density at radius 1 is 1.24 bits per heavy atom. The van der Waals surface area contributed by atoms with Crippen molar-refractivity contribution in [2.24, 2.45) is 10.9 Å². The Kier molecular flexibility index (Phi) is 7.18. The smallest absolute Gasteiger partial charge is 0.437 e. The van der Waals surface area contributed by atoms with Crippen LogP contribution in [0.15, 0.2) is 0 Å². The molecule has 13 heteroatoms. The van der Waals surface area contributed by atoms with Crippen molar-refractivity contribution in [3.63, 3.8) is 0 Å². The number of nitrogens with zero attached hydrogens (tertiary/aromatic N) is 1. The molecule has 0 saturated heterocycles. The molecule has 0 bridgehead atoms. The molecule has 1 atom stereocenters. The van der Waals surface area contributed by atoms with Crippen molar-refractivity contribution in [1.29, 1.82) is 0 Å². The van der Waals surface area contributed by atoms with Gasteiger partial charge in [-0.05, 0) is 17.8 Å². The Labute approximate surface area is 121 Å². The highest BCUT2D eigenvalue weighted by molar-refractivity contribution is 7.89. The van der Waals surface area contributed by atoms with Crippen molar-refractivity contribution in [2.75, 3.05) is 18.1 Å². The number of aliphatic carboxylic acids is 1. The third-order valence-electron chi connectivity index (χ3n) is 2.06. The lowest BCUT2D eigenvalue weighted by molar-refractivity contribution is -0.181. The average Bonchev–Trinajstić information content (AvgIpc) is 2.30. The number of hydrogen-bond acceptors (Lipinski definition) is 8. The van der Waals surface area contributed by atoms with E-state index >= 15 is 0 Å². The summed E-state index contributed by atoms with van der Waals surface area (Å²) in [5.41, 5.74) is 5.39. The number of hydroxylamine groups is 1. The predicted molar refractivity (Wildman–Crippen MR) is 70.5 cm³/mol. The standard InChI is InChI=1S/C8H17N3O8S2/c1-6(9)2-4-21(17,18)11(3-5-20(10,15)16)19-8(14)7(12)13/h6H,2-5,9H2,1H3,(H,12,13)(H2,10,15,16). The highest BCUT2D eigenvalue weighted by Gasteiger charge is 2.30. The molecule has 1 unspecified atom stereocenters. The first-order valence-corrected chi connectivity index (χ1v) is 8.89. The van der Waals surface area contributed by atoms with Crippen LogP contribution in [0.25, 0.3) is 0 Å². The van der Waals surface area contributed by atoms with Gasteiger partial charge in [-0.2, -0.15) is 0 Å². The molecular weight excluding hydrogens is 330 g/mol. The zero-order valence-corrected chi connectivity index (χ0v) is 12.8. The molecule has 21 heavy (non-hydrogen) atoms. The van der Waals surface area contributed by atoms with E-state index in [0.717, 1.165) is 0 Å². The Balaban J connectivity index is 5.10. The lowest BCUT2D eigenvalue weighted by atomic mass is 10.3. The van der Waals surface area contributed by atoms with Crippen LogP contribution in [-0.2, 0) is 34.5 Å². The van der Waals surface area contributed by atoms with Crippen LogP contribution in [0, 0.1) is 0 Å². The summed E-state index contributed by atoms with van der Waals surface area (Å²) >= 11 is 0. The van der Waals surface area contributed by atoms with Gasteiger partial charge in [-0.1, -0.05) is 0 Å². The Morgan fingerprint density at radius 3 is 2.14 bits per heavy atom. The maximum atomic E-state index is 11.9. The molecule has 0 spiro atoms. The second-order valence-electron chi connectivity index (χ2n) is 4.16. The lowest BCUT2D eigenvalue weighted by Gasteiger charge is -2.19. The van der Waals surface area contributed by atoms with E-state index in [2.05, 4.69) is 4.84 Å². The molecule has 0 rings (SSSR count). The molecule has 0 saturated carbocycles. The van der Waals surface area contributed by atoms with Gasteiger partial charge >= 0.3 is 11.9 Å². The van der Waals surface area contributed by atoms with Crippen LogP contribution in [0.5, 0.6) is 0 Å². The van der Waals surface area contributed by atoms with E-state index in [-0.39, 0.29) is 10.9 Å². The molecule has 124 valence electrons. The van der Waals surface area contributed by atoms with E-state index in [4.69, 9.17) is 16.0 Å². The third kappa shape index (κ3) is 8.56. The molecule has 0 amide bonds. The minimum Gasteiger partial charge on any atom is -0.473 e. The first kappa shape index (κ1) is 19.7. The number of nitrogens with two attached hydrogens (primary N) is 2. The fraction of sp³-hybridized carbons (Fsp3) is 0.750. The molecule has 0 heterocycles. The maximum Gasteiger partial charge on any atom is 0.437 e. The summed E-state index contributed by atoms with van der Waals surface area (Å²) in [6, 6.07) is -0.477. The van der Waals surface area contributed by atoms with Gasteiger partial charge in [0, 0.05) is 6.04 Å². The van der Waals surface area contributed by atoms with Gasteiger partial charge in [0.1, 0.15) is 0 Å². The van der Waals surface area contributed by atoms with E-state index in [9.17, 15) is 26.4 Å². The van der Waals surface area contributed by atoms with E-state index in [0.29, 0.717) is 0 Å². The van der Waals surface area contributed by atoms with E-state index < -0.39 is 56.1 Å². The quantitative estimate of drug-likeness (QED) is 0.307. The molecule has 0 aromatic heterocycles. The lowest BCUT2D eigenvalue weighted by Crippen LogP contribution is -2.41. The Bertz CT molecular complexity index is 583. The molecular formula is C8H17N3O8S2. The van der Waals surface area contributed by atoms with E-state index in [1.54, 1.807) is 0 Å². The Hall–Kier alpha value is -1.28. The molecule has 0 aromatic carbocycles. The molecule has 11 nitrogen and oxygen atoms in total. The van der Waals surface area contributed by atoms with Crippen molar-refractivity contribution in [3.05, 3.63) is 0 Å². The highest BCUT2D eigenvalue weighted by atomic mass is 32.2. The van der Waals surface area contributed by atoms with Crippen LogP contribution in [0.3, 0.4) is 0 Å². The number of carbonyl (C=O) groups is 2. The second kappa shape index (κ2) is 7.65. The van der Waals surface area contributed by atoms with Crippen molar-refractivity contribution in [1.82, 2.24) is 4.47 Å². The monoisotopic (exact) mass is 347 g/mol. The normalized spacial score (nSPS) is 13.9. The van der Waals surface area contributed by atoms with Crippen LogP contribution in [0.1, 0.15) is 13.3 Å². The van der Waals surface area contributed by atoms with Gasteiger partial charge in [0.25, 0.3) is 0 Å². The molecule has 0 radical (unpaired) electrons. The zero-order chi connectivity index (χ0) is 16.8. The zero-order valence-electron chi connectivity index (χ0n) is 11.1. The summed E-state index contributed by atoms with van der Waals surface area (Å²) < 4.78 is 45.4. The van der Waals surface area contributed by atoms with Crippen LogP contribution in [-0.4, -0.2) is 62.4 Å². The second-order valence-corrected chi connectivity index (χ2v) is 7.87.